The van der Waals surface area contributed by atoms with E-state index in [1.165, 1.54) is 52.3 Å². The average Bonchev–Trinajstić information content (AvgIpc) is 3.30. The lowest BCUT2D eigenvalue weighted by Crippen LogP contribution is -2.38. The van der Waals surface area contributed by atoms with Gasteiger partial charge in [-0.1, -0.05) is 37.8 Å². The van der Waals surface area contributed by atoms with Crippen molar-refractivity contribution in [1.82, 2.24) is 19.9 Å². The first kappa shape index (κ1) is 22.8. The second-order valence-electron chi connectivity index (χ2n) is 9.59. The molecule has 6 rings (SSSR count). The van der Waals surface area contributed by atoms with Crippen molar-refractivity contribution in [3.8, 4) is 11.9 Å². The number of methoxy groups -OCH3 is 1. The Labute approximate surface area is 199 Å². The second kappa shape index (κ2) is 9.74. The summed E-state index contributed by atoms with van der Waals surface area (Å²) in [7, 11) is 1.46. The SMILES string of the molecule is CCC1CC2CCCN2C1.COc1nc2c3c(nc(Cl)c(F)c3n1)OCC1CCCCCN21. The maximum absolute atomic E-state index is 14.5. The molecule has 0 aromatic carbocycles. The quantitative estimate of drug-likeness (QED) is 0.573. The minimum absolute atomic E-state index is 0.0896. The maximum atomic E-state index is 14.5. The van der Waals surface area contributed by atoms with Crippen LogP contribution in [-0.2, 0) is 0 Å². The number of hydrogen-bond acceptors (Lipinski definition) is 7. The van der Waals surface area contributed by atoms with Gasteiger partial charge in [0.2, 0.25) is 5.88 Å². The monoisotopic (exact) mass is 477 g/mol. The van der Waals surface area contributed by atoms with Gasteiger partial charge in [-0.2, -0.15) is 15.0 Å². The van der Waals surface area contributed by atoms with Crippen LogP contribution in [0.5, 0.6) is 11.9 Å². The van der Waals surface area contributed by atoms with Gasteiger partial charge in [0.15, 0.2) is 11.0 Å². The number of nitrogens with zero attached hydrogens (tertiary/aromatic N) is 5. The topological polar surface area (TPSA) is 63.6 Å². The highest BCUT2D eigenvalue weighted by molar-refractivity contribution is 6.30. The molecule has 180 valence electrons. The third kappa shape index (κ3) is 4.44. The summed E-state index contributed by atoms with van der Waals surface area (Å²) in [6.45, 7) is 6.44. The fraction of sp³-hybridized carbons (Fsp3) is 0.708. The van der Waals surface area contributed by atoms with Gasteiger partial charge in [-0.05, 0) is 44.6 Å². The molecular weight excluding hydrogens is 445 g/mol. The highest BCUT2D eigenvalue weighted by atomic mass is 35.5. The molecule has 2 aromatic heterocycles. The Balaban J connectivity index is 0.000000190. The van der Waals surface area contributed by atoms with Crippen LogP contribution in [-0.4, -0.2) is 65.3 Å². The van der Waals surface area contributed by atoms with Crippen molar-refractivity contribution in [3.05, 3.63) is 11.0 Å². The molecule has 33 heavy (non-hydrogen) atoms. The van der Waals surface area contributed by atoms with Gasteiger partial charge < -0.3 is 19.3 Å². The van der Waals surface area contributed by atoms with E-state index in [0.29, 0.717) is 17.8 Å². The van der Waals surface area contributed by atoms with Crippen molar-refractivity contribution in [2.75, 3.05) is 38.3 Å². The largest absolute Gasteiger partial charge is 0.475 e. The number of hydrogen-bond donors (Lipinski definition) is 0. The number of anilines is 1. The first-order valence-corrected chi connectivity index (χ1v) is 12.7. The van der Waals surface area contributed by atoms with Gasteiger partial charge in [0.05, 0.1) is 13.2 Å². The molecule has 0 spiro atoms. The summed E-state index contributed by atoms with van der Waals surface area (Å²) in [5, 5.41) is 0.216. The van der Waals surface area contributed by atoms with E-state index in [4.69, 9.17) is 21.1 Å². The van der Waals surface area contributed by atoms with Crippen molar-refractivity contribution in [2.24, 2.45) is 5.92 Å². The minimum Gasteiger partial charge on any atom is -0.475 e. The smallest absolute Gasteiger partial charge is 0.318 e. The van der Waals surface area contributed by atoms with E-state index in [1.807, 2.05) is 0 Å². The van der Waals surface area contributed by atoms with Gasteiger partial charge in [0.25, 0.3) is 0 Å². The van der Waals surface area contributed by atoms with Crippen LogP contribution < -0.4 is 14.4 Å². The predicted octanol–water partition coefficient (Wildman–Crippen LogP) is 4.85. The lowest BCUT2D eigenvalue weighted by Gasteiger charge is -2.28. The van der Waals surface area contributed by atoms with Crippen LogP contribution >= 0.6 is 11.6 Å². The average molecular weight is 478 g/mol. The molecule has 3 atom stereocenters. The third-order valence-corrected chi connectivity index (χ3v) is 7.84. The molecule has 3 fully saturated rings. The Morgan fingerprint density at radius 1 is 1.09 bits per heavy atom. The van der Waals surface area contributed by atoms with Crippen LogP contribution in [0.25, 0.3) is 10.9 Å². The van der Waals surface area contributed by atoms with Crippen molar-refractivity contribution >= 4 is 28.3 Å². The number of fused-ring (bicyclic) bond motifs is 3. The summed E-state index contributed by atoms with van der Waals surface area (Å²) in [6, 6.07) is 1.28. The van der Waals surface area contributed by atoms with E-state index < -0.39 is 5.82 Å². The highest BCUT2D eigenvalue weighted by Crippen LogP contribution is 2.40. The third-order valence-electron chi connectivity index (χ3n) is 7.59. The predicted molar refractivity (Wildman–Crippen MR) is 127 cm³/mol. The van der Waals surface area contributed by atoms with Gasteiger partial charge >= 0.3 is 6.01 Å². The van der Waals surface area contributed by atoms with Gasteiger partial charge in [0, 0.05) is 19.1 Å². The minimum atomic E-state index is -0.677. The Morgan fingerprint density at radius 3 is 2.73 bits per heavy atom. The lowest BCUT2D eigenvalue weighted by molar-refractivity contribution is 0.274. The molecule has 4 aliphatic heterocycles. The van der Waals surface area contributed by atoms with Crippen molar-refractivity contribution in [3.63, 3.8) is 0 Å². The van der Waals surface area contributed by atoms with Gasteiger partial charge in [0.1, 0.15) is 23.3 Å². The molecule has 4 aliphatic rings. The molecule has 0 amide bonds. The van der Waals surface area contributed by atoms with E-state index in [9.17, 15) is 4.39 Å². The first-order chi connectivity index (χ1) is 16.1. The van der Waals surface area contributed by atoms with Gasteiger partial charge in [-0.15, -0.1) is 0 Å². The molecule has 0 saturated carbocycles. The van der Waals surface area contributed by atoms with E-state index in [-0.39, 0.29) is 28.6 Å². The number of rotatable bonds is 2. The number of halogens is 2. The number of aromatic nitrogens is 3. The molecule has 6 heterocycles. The lowest BCUT2D eigenvalue weighted by atomic mass is 10.0. The number of ether oxygens (including phenoxy) is 2. The summed E-state index contributed by atoms with van der Waals surface area (Å²) in [6.07, 6.45) is 10.2. The molecule has 3 unspecified atom stereocenters. The van der Waals surface area contributed by atoms with Crippen molar-refractivity contribution in [2.45, 2.75) is 70.4 Å². The first-order valence-electron chi connectivity index (χ1n) is 12.3. The Hall–Kier alpha value is -1.93. The molecule has 3 saturated heterocycles. The van der Waals surface area contributed by atoms with E-state index in [0.717, 1.165) is 37.8 Å². The molecular formula is C24H33ClFN5O2. The van der Waals surface area contributed by atoms with E-state index >= 15 is 0 Å². The zero-order valence-electron chi connectivity index (χ0n) is 19.5. The maximum Gasteiger partial charge on any atom is 0.318 e. The Kier molecular flexibility index (Phi) is 6.74. The van der Waals surface area contributed by atoms with Crippen LogP contribution in [0.4, 0.5) is 10.2 Å². The van der Waals surface area contributed by atoms with Crippen LogP contribution in [0.1, 0.15) is 58.3 Å². The zero-order chi connectivity index (χ0) is 22.9. The molecule has 0 bridgehead atoms. The normalized spacial score (nSPS) is 26.5. The Bertz CT molecular complexity index is 997. The van der Waals surface area contributed by atoms with Crippen LogP contribution in [0.3, 0.4) is 0 Å². The van der Waals surface area contributed by atoms with E-state index in [1.54, 1.807) is 0 Å². The highest BCUT2D eigenvalue weighted by Gasteiger charge is 2.34. The molecule has 0 N–H and O–H groups in total. The standard InChI is InChI=1S/C15H16ClFN4O2.C9H17N/c1-22-15-18-11-9-13(20-15)21-6-4-2-3-5-8(21)7-23-14(9)19-12(16)10(11)17;1-2-8-6-9-4-3-5-10(9)7-8/h8H,2-7H2,1H3;8-9H,2-7H2,1H3. The summed E-state index contributed by atoms with van der Waals surface area (Å²) in [5.74, 6) is 1.26. The summed E-state index contributed by atoms with van der Waals surface area (Å²) >= 11 is 5.89. The fourth-order valence-corrected chi connectivity index (χ4v) is 5.94. The molecule has 7 nitrogen and oxygen atoms in total. The number of pyridine rings is 1. The van der Waals surface area contributed by atoms with E-state index in [2.05, 4.69) is 31.7 Å². The van der Waals surface area contributed by atoms with Gasteiger partial charge in [-0.25, -0.2) is 4.39 Å². The van der Waals surface area contributed by atoms with Crippen molar-refractivity contribution < 1.29 is 13.9 Å². The van der Waals surface area contributed by atoms with Crippen LogP contribution in [0.2, 0.25) is 5.15 Å². The van der Waals surface area contributed by atoms with Crippen molar-refractivity contribution in [1.29, 1.82) is 0 Å². The summed E-state index contributed by atoms with van der Waals surface area (Å²) in [4.78, 5) is 17.5. The molecule has 2 aromatic rings. The second-order valence-corrected chi connectivity index (χ2v) is 9.95. The van der Waals surface area contributed by atoms with Crippen LogP contribution in [0, 0.1) is 11.7 Å². The Morgan fingerprint density at radius 2 is 1.94 bits per heavy atom. The molecule has 0 aliphatic carbocycles. The summed E-state index contributed by atoms with van der Waals surface area (Å²) in [5.41, 5.74) is 0.0896. The molecule has 0 radical (unpaired) electrons. The fourth-order valence-electron chi connectivity index (χ4n) is 5.77. The van der Waals surface area contributed by atoms with Crippen LogP contribution in [0.15, 0.2) is 0 Å². The zero-order valence-corrected chi connectivity index (χ0v) is 20.3. The van der Waals surface area contributed by atoms with Gasteiger partial charge in [-0.3, -0.25) is 0 Å². The summed E-state index contributed by atoms with van der Waals surface area (Å²) < 4.78 is 25.4. The molecule has 9 heteroatoms.